The summed E-state index contributed by atoms with van der Waals surface area (Å²) in [5.41, 5.74) is 2.73. The average molecular weight is 277 g/mol. The zero-order chi connectivity index (χ0) is 14.1. The molecule has 2 nitrogen and oxygen atoms in total. The lowest BCUT2D eigenvalue weighted by Crippen LogP contribution is -2.33. The first-order valence-corrected chi connectivity index (χ1v) is 8.63. The van der Waals surface area contributed by atoms with Gasteiger partial charge in [-0.05, 0) is 30.5 Å². The van der Waals surface area contributed by atoms with E-state index >= 15 is 0 Å². The standard InChI is InChI=1S/C16H25O2Si/c1-5-12-19(14(3)17-4)18-11-10-16-9-7-8-15(6-2)13-16/h6-9,13-14H,2,5,10-12H2,1,3-4H3. The number of hydrogen-bond acceptors (Lipinski definition) is 2. The van der Waals surface area contributed by atoms with Gasteiger partial charge in [-0.15, -0.1) is 0 Å². The molecule has 1 radical (unpaired) electrons. The molecule has 1 unspecified atom stereocenters. The fourth-order valence-corrected chi connectivity index (χ4v) is 3.85. The molecule has 0 aromatic heterocycles. The van der Waals surface area contributed by atoms with Gasteiger partial charge in [0.15, 0.2) is 0 Å². The molecule has 0 fully saturated rings. The zero-order valence-corrected chi connectivity index (χ0v) is 13.3. The largest absolute Gasteiger partial charge is 0.414 e. The molecule has 0 aliphatic rings. The van der Waals surface area contributed by atoms with E-state index < -0.39 is 9.04 Å². The van der Waals surface area contributed by atoms with E-state index in [0.717, 1.165) is 25.5 Å². The van der Waals surface area contributed by atoms with E-state index in [1.165, 1.54) is 11.1 Å². The normalized spacial score (nSPS) is 12.6. The van der Waals surface area contributed by atoms with E-state index in [0.29, 0.717) is 0 Å². The van der Waals surface area contributed by atoms with Crippen molar-refractivity contribution >= 4 is 15.1 Å². The predicted octanol–water partition coefficient (Wildman–Crippen LogP) is 3.86. The highest BCUT2D eigenvalue weighted by Gasteiger charge is 2.20. The number of rotatable bonds is 9. The Morgan fingerprint density at radius 2 is 2.21 bits per heavy atom. The first kappa shape index (κ1) is 16.2. The van der Waals surface area contributed by atoms with Crippen molar-refractivity contribution in [3.8, 4) is 0 Å². The molecular weight excluding hydrogens is 252 g/mol. The Morgan fingerprint density at radius 3 is 2.84 bits per heavy atom. The van der Waals surface area contributed by atoms with Crippen molar-refractivity contribution in [2.24, 2.45) is 0 Å². The monoisotopic (exact) mass is 277 g/mol. The molecule has 0 N–H and O–H groups in total. The number of hydrogen-bond donors (Lipinski definition) is 0. The summed E-state index contributed by atoms with van der Waals surface area (Å²) in [4.78, 5) is 0. The van der Waals surface area contributed by atoms with E-state index in [1.54, 1.807) is 7.11 Å². The van der Waals surface area contributed by atoms with Crippen LogP contribution in [-0.4, -0.2) is 28.5 Å². The van der Waals surface area contributed by atoms with Crippen LogP contribution < -0.4 is 0 Å². The molecular formula is C16H25O2Si. The second-order valence-corrected chi connectivity index (χ2v) is 7.18. The Bertz CT molecular complexity index is 379. The maximum Gasteiger partial charge on any atom is 0.241 e. The average Bonchev–Trinajstić information content (AvgIpc) is 2.45. The summed E-state index contributed by atoms with van der Waals surface area (Å²) >= 11 is 0. The molecule has 105 valence electrons. The summed E-state index contributed by atoms with van der Waals surface area (Å²) in [6.07, 6.45) is 3.99. The maximum absolute atomic E-state index is 6.06. The third-order valence-corrected chi connectivity index (χ3v) is 5.88. The van der Waals surface area contributed by atoms with Crippen molar-refractivity contribution in [3.63, 3.8) is 0 Å². The van der Waals surface area contributed by atoms with Crippen LogP contribution >= 0.6 is 0 Å². The molecule has 0 spiro atoms. The van der Waals surface area contributed by atoms with Crippen LogP contribution in [0.3, 0.4) is 0 Å². The molecule has 1 rings (SSSR count). The van der Waals surface area contributed by atoms with Crippen LogP contribution in [0.1, 0.15) is 31.4 Å². The Kier molecular flexibility index (Phi) is 7.71. The summed E-state index contributed by atoms with van der Waals surface area (Å²) in [6.45, 7) is 8.89. The van der Waals surface area contributed by atoms with Crippen LogP contribution in [0, 0.1) is 0 Å². The molecule has 1 atom stereocenters. The zero-order valence-electron chi connectivity index (χ0n) is 12.3. The van der Waals surface area contributed by atoms with Crippen LogP contribution in [0.15, 0.2) is 30.8 Å². The van der Waals surface area contributed by atoms with Gasteiger partial charge < -0.3 is 9.16 Å². The minimum atomic E-state index is -0.852. The number of methoxy groups -OCH3 is 1. The maximum atomic E-state index is 6.06. The Labute approximate surface area is 119 Å². The van der Waals surface area contributed by atoms with E-state index in [4.69, 9.17) is 9.16 Å². The molecule has 0 aliphatic heterocycles. The van der Waals surface area contributed by atoms with Crippen molar-refractivity contribution in [1.29, 1.82) is 0 Å². The first-order chi connectivity index (χ1) is 9.21. The second-order valence-electron chi connectivity index (χ2n) is 4.64. The van der Waals surface area contributed by atoms with Crippen LogP contribution in [0.2, 0.25) is 6.04 Å². The molecule has 0 saturated heterocycles. The third-order valence-electron chi connectivity index (χ3n) is 3.17. The van der Waals surface area contributed by atoms with Gasteiger partial charge in [0.25, 0.3) is 0 Å². The van der Waals surface area contributed by atoms with E-state index in [1.807, 2.05) is 6.08 Å². The van der Waals surface area contributed by atoms with Gasteiger partial charge in [0, 0.05) is 13.7 Å². The molecule has 0 saturated carbocycles. The van der Waals surface area contributed by atoms with Gasteiger partial charge in [0.2, 0.25) is 9.04 Å². The van der Waals surface area contributed by atoms with E-state index in [-0.39, 0.29) is 5.73 Å². The van der Waals surface area contributed by atoms with Crippen molar-refractivity contribution in [1.82, 2.24) is 0 Å². The highest BCUT2D eigenvalue weighted by molar-refractivity contribution is 6.53. The summed E-state index contributed by atoms with van der Waals surface area (Å²) in [5, 5.41) is 0. The van der Waals surface area contributed by atoms with Gasteiger partial charge >= 0.3 is 0 Å². The lowest BCUT2D eigenvalue weighted by atomic mass is 10.1. The van der Waals surface area contributed by atoms with Crippen molar-refractivity contribution in [2.45, 2.75) is 38.5 Å². The predicted molar refractivity (Wildman–Crippen MR) is 83.5 cm³/mol. The SMILES string of the molecule is C=Cc1cccc(CCO[Si](CCC)C(C)OC)c1. The lowest BCUT2D eigenvalue weighted by molar-refractivity contribution is 0.150. The number of benzene rings is 1. The second kappa shape index (κ2) is 9.07. The van der Waals surface area contributed by atoms with Crippen LogP contribution in [0.25, 0.3) is 6.08 Å². The topological polar surface area (TPSA) is 18.5 Å². The van der Waals surface area contributed by atoms with Crippen LogP contribution in [0.4, 0.5) is 0 Å². The Hall–Kier alpha value is -0.903. The van der Waals surface area contributed by atoms with E-state index in [9.17, 15) is 0 Å². The van der Waals surface area contributed by atoms with Gasteiger partial charge in [0.05, 0.1) is 5.73 Å². The molecule has 0 aliphatic carbocycles. The fourth-order valence-electron chi connectivity index (χ4n) is 1.95. The van der Waals surface area contributed by atoms with Crippen LogP contribution in [-0.2, 0) is 15.6 Å². The Morgan fingerprint density at radius 1 is 1.42 bits per heavy atom. The molecule has 0 amide bonds. The molecule has 0 bridgehead atoms. The molecule has 3 heteroatoms. The summed E-state index contributed by atoms with van der Waals surface area (Å²) in [7, 11) is 0.914. The smallest absolute Gasteiger partial charge is 0.241 e. The highest BCUT2D eigenvalue weighted by Crippen LogP contribution is 2.10. The van der Waals surface area contributed by atoms with Crippen molar-refractivity contribution in [3.05, 3.63) is 42.0 Å². The fraction of sp³-hybridized carbons (Fsp3) is 0.500. The molecule has 19 heavy (non-hydrogen) atoms. The molecule has 1 aromatic carbocycles. The summed E-state index contributed by atoms with van der Waals surface area (Å²) in [6, 6.07) is 9.59. The number of ether oxygens (including phenoxy) is 1. The molecule has 1 aromatic rings. The minimum absolute atomic E-state index is 0.254. The van der Waals surface area contributed by atoms with Gasteiger partial charge in [-0.2, -0.15) is 0 Å². The van der Waals surface area contributed by atoms with Crippen molar-refractivity contribution < 1.29 is 9.16 Å². The first-order valence-electron chi connectivity index (χ1n) is 6.94. The summed E-state index contributed by atoms with van der Waals surface area (Å²) in [5.74, 6) is 0. The summed E-state index contributed by atoms with van der Waals surface area (Å²) < 4.78 is 11.5. The van der Waals surface area contributed by atoms with E-state index in [2.05, 4.69) is 44.7 Å². The van der Waals surface area contributed by atoms with Crippen LogP contribution in [0.5, 0.6) is 0 Å². The molecule has 0 heterocycles. The third kappa shape index (κ3) is 5.72. The van der Waals surface area contributed by atoms with Gasteiger partial charge in [-0.3, -0.25) is 0 Å². The minimum Gasteiger partial charge on any atom is -0.414 e. The van der Waals surface area contributed by atoms with Crippen molar-refractivity contribution in [2.75, 3.05) is 13.7 Å². The van der Waals surface area contributed by atoms with Gasteiger partial charge in [0.1, 0.15) is 0 Å². The van der Waals surface area contributed by atoms with Gasteiger partial charge in [-0.1, -0.05) is 50.3 Å². The highest BCUT2D eigenvalue weighted by atomic mass is 28.3. The van der Waals surface area contributed by atoms with Gasteiger partial charge in [-0.25, -0.2) is 0 Å². The quantitative estimate of drug-likeness (QED) is 0.638. The lowest BCUT2D eigenvalue weighted by Gasteiger charge is -2.20. The Balaban J connectivity index is 2.44.